The zero-order valence-corrected chi connectivity index (χ0v) is 11.3. The molecule has 0 saturated heterocycles. The lowest BCUT2D eigenvalue weighted by atomic mass is 10.1. The van der Waals surface area contributed by atoms with Crippen molar-refractivity contribution in [2.24, 2.45) is 11.7 Å². The van der Waals surface area contributed by atoms with Gasteiger partial charge in [-0.25, -0.2) is 0 Å². The monoisotopic (exact) mass is 270 g/mol. The van der Waals surface area contributed by atoms with Crippen molar-refractivity contribution in [3.63, 3.8) is 0 Å². The van der Waals surface area contributed by atoms with Gasteiger partial charge in [-0.05, 0) is 18.4 Å². The van der Waals surface area contributed by atoms with Crippen molar-refractivity contribution in [1.29, 1.82) is 0 Å². The van der Waals surface area contributed by atoms with Crippen LogP contribution in [0.3, 0.4) is 0 Å². The summed E-state index contributed by atoms with van der Waals surface area (Å²) < 4.78 is 0. The number of likely N-dealkylation sites (N-methyl/N-ethyl adjacent to an activating group) is 1. The standard InChI is InChI=1S/C12H18N2O3S/c1-3-14(7-8(2)12(16)17)11(15)10(13)9-5-4-6-18-9/h4-6,8,10H,3,7,13H2,1-2H3,(H,16,17). The number of rotatable bonds is 6. The Kier molecular flexibility index (Phi) is 5.30. The number of nitrogens with zero attached hydrogens (tertiary/aromatic N) is 1. The first-order valence-corrected chi connectivity index (χ1v) is 6.65. The minimum Gasteiger partial charge on any atom is -0.481 e. The van der Waals surface area contributed by atoms with E-state index in [2.05, 4.69) is 0 Å². The van der Waals surface area contributed by atoms with Crippen LogP contribution in [0.25, 0.3) is 0 Å². The molecule has 3 N–H and O–H groups in total. The van der Waals surface area contributed by atoms with E-state index in [4.69, 9.17) is 10.8 Å². The van der Waals surface area contributed by atoms with Crippen LogP contribution in [-0.4, -0.2) is 35.0 Å². The van der Waals surface area contributed by atoms with E-state index < -0.39 is 17.9 Å². The van der Waals surface area contributed by atoms with Gasteiger partial charge in [-0.3, -0.25) is 9.59 Å². The van der Waals surface area contributed by atoms with Gasteiger partial charge in [-0.2, -0.15) is 0 Å². The van der Waals surface area contributed by atoms with Crippen molar-refractivity contribution in [1.82, 2.24) is 4.90 Å². The maximum absolute atomic E-state index is 12.1. The smallest absolute Gasteiger partial charge is 0.308 e. The number of thiophene rings is 1. The van der Waals surface area contributed by atoms with Crippen LogP contribution in [-0.2, 0) is 9.59 Å². The molecule has 0 bridgehead atoms. The molecular formula is C12H18N2O3S. The highest BCUT2D eigenvalue weighted by Crippen LogP contribution is 2.19. The summed E-state index contributed by atoms with van der Waals surface area (Å²) in [5.41, 5.74) is 5.88. The van der Waals surface area contributed by atoms with Crippen LogP contribution in [0.1, 0.15) is 24.8 Å². The van der Waals surface area contributed by atoms with E-state index in [9.17, 15) is 9.59 Å². The van der Waals surface area contributed by atoms with Gasteiger partial charge in [0, 0.05) is 18.0 Å². The minimum absolute atomic E-state index is 0.184. The lowest BCUT2D eigenvalue weighted by Gasteiger charge is -2.25. The summed E-state index contributed by atoms with van der Waals surface area (Å²) >= 11 is 1.42. The van der Waals surface area contributed by atoms with E-state index in [0.717, 1.165) is 4.88 Å². The Morgan fingerprint density at radius 3 is 2.67 bits per heavy atom. The topological polar surface area (TPSA) is 83.6 Å². The van der Waals surface area contributed by atoms with Gasteiger partial charge in [-0.1, -0.05) is 13.0 Å². The van der Waals surface area contributed by atoms with Crippen molar-refractivity contribution >= 4 is 23.2 Å². The fourth-order valence-corrected chi connectivity index (χ4v) is 2.29. The minimum atomic E-state index is -0.911. The Morgan fingerprint density at radius 2 is 2.22 bits per heavy atom. The molecule has 1 amide bonds. The fourth-order valence-electron chi connectivity index (χ4n) is 1.57. The molecule has 2 atom stereocenters. The predicted molar refractivity (Wildman–Crippen MR) is 70.3 cm³/mol. The number of nitrogens with two attached hydrogens (primary N) is 1. The van der Waals surface area contributed by atoms with Gasteiger partial charge in [0.25, 0.3) is 0 Å². The predicted octanol–water partition coefficient (Wildman–Crippen LogP) is 1.32. The summed E-state index contributed by atoms with van der Waals surface area (Å²) in [5, 5.41) is 10.7. The second-order valence-electron chi connectivity index (χ2n) is 4.11. The second-order valence-corrected chi connectivity index (χ2v) is 5.09. The van der Waals surface area contributed by atoms with Crippen LogP contribution < -0.4 is 5.73 Å². The van der Waals surface area contributed by atoms with E-state index in [1.807, 2.05) is 24.4 Å². The first-order valence-electron chi connectivity index (χ1n) is 5.78. The molecule has 0 aromatic carbocycles. The highest BCUT2D eigenvalue weighted by Gasteiger charge is 2.25. The molecule has 0 saturated carbocycles. The van der Waals surface area contributed by atoms with E-state index in [1.54, 1.807) is 6.92 Å². The van der Waals surface area contributed by atoms with Crippen molar-refractivity contribution in [2.45, 2.75) is 19.9 Å². The third kappa shape index (κ3) is 3.54. The Hall–Kier alpha value is -1.40. The van der Waals surface area contributed by atoms with Gasteiger partial charge in [0.1, 0.15) is 6.04 Å². The van der Waals surface area contributed by atoms with Crippen molar-refractivity contribution in [3.05, 3.63) is 22.4 Å². The molecule has 1 rings (SSSR count). The van der Waals surface area contributed by atoms with Crippen LogP contribution in [0.15, 0.2) is 17.5 Å². The van der Waals surface area contributed by atoms with Crippen LogP contribution >= 0.6 is 11.3 Å². The average molecular weight is 270 g/mol. The van der Waals surface area contributed by atoms with E-state index >= 15 is 0 Å². The van der Waals surface area contributed by atoms with E-state index in [-0.39, 0.29) is 12.5 Å². The quantitative estimate of drug-likeness (QED) is 0.816. The van der Waals surface area contributed by atoms with Gasteiger partial charge >= 0.3 is 5.97 Å². The Balaban J connectivity index is 2.70. The van der Waals surface area contributed by atoms with E-state index in [0.29, 0.717) is 6.54 Å². The zero-order chi connectivity index (χ0) is 13.7. The lowest BCUT2D eigenvalue weighted by molar-refractivity contribution is -0.143. The summed E-state index contributed by atoms with van der Waals surface area (Å²) in [6, 6.07) is 2.94. The molecule has 0 aliphatic carbocycles. The first kappa shape index (κ1) is 14.7. The fraction of sp³-hybridized carbons (Fsp3) is 0.500. The van der Waals surface area contributed by atoms with Gasteiger partial charge in [0.2, 0.25) is 5.91 Å². The molecule has 0 spiro atoms. The maximum atomic E-state index is 12.1. The van der Waals surface area contributed by atoms with E-state index in [1.165, 1.54) is 16.2 Å². The molecule has 1 aromatic heterocycles. The second kappa shape index (κ2) is 6.51. The number of hydrogen-bond donors (Lipinski definition) is 2. The normalized spacial score (nSPS) is 13.9. The average Bonchev–Trinajstić information content (AvgIpc) is 2.87. The van der Waals surface area contributed by atoms with Crippen molar-refractivity contribution in [3.8, 4) is 0 Å². The molecule has 18 heavy (non-hydrogen) atoms. The lowest BCUT2D eigenvalue weighted by Crippen LogP contribution is -2.41. The summed E-state index contributed by atoms with van der Waals surface area (Å²) in [6.45, 7) is 4.03. The number of hydrogen-bond acceptors (Lipinski definition) is 4. The number of aliphatic carboxylic acids is 1. The summed E-state index contributed by atoms with van der Waals surface area (Å²) in [6.07, 6.45) is 0. The first-order chi connectivity index (χ1) is 8.47. The molecular weight excluding hydrogens is 252 g/mol. The third-order valence-corrected chi connectivity index (χ3v) is 3.68. The highest BCUT2D eigenvalue weighted by atomic mass is 32.1. The van der Waals surface area contributed by atoms with Crippen molar-refractivity contribution in [2.75, 3.05) is 13.1 Å². The number of carbonyl (C=O) groups excluding carboxylic acids is 1. The molecule has 100 valence electrons. The van der Waals surface area contributed by atoms with Crippen LogP contribution in [0, 0.1) is 5.92 Å². The molecule has 0 aliphatic rings. The molecule has 1 heterocycles. The number of carboxylic acids is 1. The highest BCUT2D eigenvalue weighted by molar-refractivity contribution is 7.10. The Morgan fingerprint density at radius 1 is 1.56 bits per heavy atom. The SMILES string of the molecule is CCN(CC(C)C(=O)O)C(=O)C(N)c1cccs1. The largest absolute Gasteiger partial charge is 0.481 e. The number of carbonyl (C=O) groups is 2. The van der Waals surface area contributed by atoms with Gasteiger partial charge in [-0.15, -0.1) is 11.3 Å². The summed E-state index contributed by atoms with van der Waals surface area (Å²) in [7, 11) is 0. The van der Waals surface area contributed by atoms with Gasteiger partial charge < -0.3 is 15.7 Å². The Bertz CT molecular complexity index is 405. The number of carboxylic acid groups (broad SMARTS) is 1. The molecule has 6 heteroatoms. The van der Waals surface area contributed by atoms with Crippen LogP contribution in [0.5, 0.6) is 0 Å². The van der Waals surface area contributed by atoms with Crippen LogP contribution in [0.4, 0.5) is 0 Å². The molecule has 1 aromatic rings. The Labute approximate surface area is 110 Å². The molecule has 0 radical (unpaired) electrons. The summed E-state index contributed by atoms with van der Waals surface area (Å²) in [5.74, 6) is -1.73. The maximum Gasteiger partial charge on any atom is 0.308 e. The number of amides is 1. The molecule has 0 fully saturated rings. The van der Waals surface area contributed by atoms with Crippen molar-refractivity contribution < 1.29 is 14.7 Å². The zero-order valence-electron chi connectivity index (χ0n) is 10.5. The molecule has 2 unspecified atom stereocenters. The molecule has 5 nitrogen and oxygen atoms in total. The van der Waals surface area contributed by atoms with Gasteiger partial charge in [0.15, 0.2) is 0 Å². The van der Waals surface area contributed by atoms with Crippen LogP contribution in [0.2, 0.25) is 0 Å². The molecule has 0 aliphatic heterocycles. The summed E-state index contributed by atoms with van der Waals surface area (Å²) in [4.78, 5) is 25.2. The third-order valence-electron chi connectivity index (χ3n) is 2.72. The van der Waals surface area contributed by atoms with Gasteiger partial charge in [0.05, 0.1) is 5.92 Å².